The van der Waals surface area contributed by atoms with Gasteiger partial charge in [-0.2, -0.15) is 0 Å². The average molecular weight is 372 g/mol. The lowest BCUT2D eigenvalue weighted by Crippen LogP contribution is -2.07. The Morgan fingerprint density at radius 1 is 1.29 bits per heavy atom. The molecule has 0 aromatic heterocycles. The molecule has 3 nitrogen and oxygen atoms in total. The maximum Gasteiger partial charge on any atom is 0.221 e. The van der Waals surface area contributed by atoms with Gasteiger partial charge < -0.3 is 10.6 Å². The summed E-state index contributed by atoms with van der Waals surface area (Å²) in [5.41, 5.74) is 1.79. The van der Waals surface area contributed by atoms with Gasteiger partial charge in [0.15, 0.2) is 0 Å². The molecule has 110 valence electrons. The van der Waals surface area contributed by atoms with Crippen LogP contribution in [0.2, 0.25) is 5.02 Å². The Labute approximate surface area is 135 Å². The Kier molecular flexibility index (Phi) is 5.20. The monoisotopic (exact) mass is 370 g/mol. The molecule has 21 heavy (non-hydrogen) atoms. The predicted octanol–water partition coefficient (Wildman–Crippen LogP) is 4.81. The van der Waals surface area contributed by atoms with Crippen molar-refractivity contribution < 1.29 is 9.18 Å². The first-order valence-electron chi connectivity index (χ1n) is 6.20. The van der Waals surface area contributed by atoms with Gasteiger partial charge in [0.25, 0.3) is 0 Å². The predicted molar refractivity (Wildman–Crippen MR) is 87.2 cm³/mol. The molecule has 0 bridgehead atoms. The Balaban J connectivity index is 2.11. The van der Waals surface area contributed by atoms with Gasteiger partial charge in [0.05, 0.1) is 10.7 Å². The molecule has 0 fully saturated rings. The number of benzene rings is 2. The molecular weight excluding hydrogens is 359 g/mol. The first-order valence-corrected chi connectivity index (χ1v) is 7.38. The quantitative estimate of drug-likeness (QED) is 0.809. The van der Waals surface area contributed by atoms with Crippen LogP contribution in [0.4, 0.5) is 15.8 Å². The molecule has 2 rings (SSSR count). The summed E-state index contributed by atoms with van der Waals surface area (Å²) in [4.78, 5) is 11.0. The molecule has 0 atom stereocenters. The number of hydrogen-bond donors (Lipinski definition) is 2. The zero-order valence-electron chi connectivity index (χ0n) is 11.2. The fraction of sp³-hybridized carbons (Fsp3) is 0.133. The average Bonchev–Trinajstić information content (AvgIpc) is 2.42. The SMILES string of the molecule is CC(=O)Nc1ccc(F)c(NCc2ccc(Br)c(Cl)c2)c1. The van der Waals surface area contributed by atoms with Crippen LogP contribution < -0.4 is 10.6 Å². The lowest BCUT2D eigenvalue weighted by Gasteiger charge is -2.10. The fourth-order valence-corrected chi connectivity index (χ4v) is 2.24. The van der Waals surface area contributed by atoms with Crippen LogP contribution in [0.25, 0.3) is 0 Å². The maximum atomic E-state index is 13.7. The fourth-order valence-electron chi connectivity index (χ4n) is 1.79. The van der Waals surface area contributed by atoms with Gasteiger partial charge in [-0.15, -0.1) is 0 Å². The second-order valence-electron chi connectivity index (χ2n) is 4.48. The van der Waals surface area contributed by atoms with Crippen molar-refractivity contribution in [2.75, 3.05) is 10.6 Å². The smallest absolute Gasteiger partial charge is 0.221 e. The highest BCUT2D eigenvalue weighted by atomic mass is 79.9. The Morgan fingerprint density at radius 3 is 2.71 bits per heavy atom. The molecule has 2 aromatic rings. The topological polar surface area (TPSA) is 41.1 Å². The summed E-state index contributed by atoms with van der Waals surface area (Å²) in [5.74, 6) is -0.584. The van der Waals surface area contributed by atoms with E-state index in [1.54, 1.807) is 12.1 Å². The summed E-state index contributed by atoms with van der Waals surface area (Å²) in [5, 5.41) is 6.20. The first-order chi connectivity index (χ1) is 9.95. The molecule has 0 heterocycles. The number of carbonyl (C=O) groups is 1. The summed E-state index contributed by atoms with van der Waals surface area (Å²) in [7, 11) is 0. The Bertz CT molecular complexity index is 679. The highest BCUT2D eigenvalue weighted by molar-refractivity contribution is 9.10. The van der Waals surface area contributed by atoms with E-state index >= 15 is 0 Å². The third-order valence-corrected chi connectivity index (χ3v) is 3.99. The zero-order chi connectivity index (χ0) is 15.4. The van der Waals surface area contributed by atoms with Gasteiger partial charge in [-0.3, -0.25) is 4.79 Å². The Hall–Kier alpha value is -1.59. The second-order valence-corrected chi connectivity index (χ2v) is 5.74. The molecule has 0 saturated heterocycles. The Morgan fingerprint density at radius 2 is 2.05 bits per heavy atom. The molecule has 0 unspecified atom stereocenters. The van der Waals surface area contributed by atoms with Crippen molar-refractivity contribution in [3.05, 3.63) is 57.3 Å². The highest BCUT2D eigenvalue weighted by Gasteiger charge is 2.05. The summed E-state index contributed by atoms with van der Waals surface area (Å²) in [6.45, 7) is 1.83. The number of carbonyl (C=O) groups excluding carboxylic acids is 1. The summed E-state index contributed by atoms with van der Waals surface area (Å²) < 4.78 is 14.6. The van der Waals surface area contributed by atoms with Crippen molar-refractivity contribution in [2.24, 2.45) is 0 Å². The van der Waals surface area contributed by atoms with Gasteiger partial charge in [0.2, 0.25) is 5.91 Å². The van der Waals surface area contributed by atoms with Gasteiger partial charge in [0.1, 0.15) is 5.82 Å². The second kappa shape index (κ2) is 6.91. The van der Waals surface area contributed by atoms with Crippen LogP contribution in [0.5, 0.6) is 0 Å². The van der Waals surface area contributed by atoms with Crippen LogP contribution in [-0.2, 0) is 11.3 Å². The molecule has 0 spiro atoms. The normalized spacial score (nSPS) is 10.3. The summed E-state index contributed by atoms with van der Waals surface area (Å²) >= 11 is 9.33. The molecule has 0 radical (unpaired) electrons. The van der Waals surface area contributed by atoms with Gasteiger partial charge in [-0.05, 0) is 51.8 Å². The molecule has 1 amide bonds. The van der Waals surface area contributed by atoms with Gasteiger partial charge in [0, 0.05) is 23.6 Å². The number of halogens is 3. The summed E-state index contributed by atoms with van der Waals surface area (Å²) in [6, 6.07) is 9.90. The van der Waals surface area contributed by atoms with Crippen molar-refractivity contribution in [1.82, 2.24) is 0 Å². The van der Waals surface area contributed by atoms with E-state index in [1.807, 2.05) is 12.1 Å². The lowest BCUT2D eigenvalue weighted by molar-refractivity contribution is -0.114. The third-order valence-electron chi connectivity index (χ3n) is 2.75. The van der Waals surface area contributed by atoms with E-state index in [0.717, 1.165) is 10.0 Å². The molecule has 6 heteroatoms. The molecule has 0 aliphatic rings. The first kappa shape index (κ1) is 15.8. The molecule has 2 aromatic carbocycles. The van der Waals surface area contributed by atoms with E-state index in [9.17, 15) is 9.18 Å². The molecule has 2 N–H and O–H groups in total. The van der Waals surface area contributed by atoms with E-state index in [0.29, 0.717) is 22.9 Å². The van der Waals surface area contributed by atoms with E-state index < -0.39 is 0 Å². The van der Waals surface area contributed by atoms with E-state index in [4.69, 9.17) is 11.6 Å². The molecule has 0 aliphatic carbocycles. The highest BCUT2D eigenvalue weighted by Crippen LogP contribution is 2.24. The molecule has 0 saturated carbocycles. The number of rotatable bonds is 4. The van der Waals surface area contributed by atoms with Crippen molar-refractivity contribution in [3.63, 3.8) is 0 Å². The minimum absolute atomic E-state index is 0.202. The van der Waals surface area contributed by atoms with E-state index in [1.165, 1.54) is 19.1 Å². The van der Waals surface area contributed by atoms with Gasteiger partial charge >= 0.3 is 0 Å². The van der Waals surface area contributed by atoms with Crippen LogP contribution in [-0.4, -0.2) is 5.91 Å². The number of amides is 1. The largest absolute Gasteiger partial charge is 0.379 e. The van der Waals surface area contributed by atoms with Gasteiger partial charge in [-0.25, -0.2) is 4.39 Å². The maximum absolute atomic E-state index is 13.7. The minimum Gasteiger partial charge on any atom is -0.379 e. The minimum atomic E-state index is -0.382. The molecular formula is C15H13BrClFN2O. The van der Waals surface area contributed by atoms with Crippen LogP contribution in [0, 0.1) is 5.82 Å². The van der Waals surface area contributed by atoms with Crippen molar-refractivity contribution >= 4 is 44.8 Å². The van der Waals surface area contributed by atoms with Gasteiger partial charge in [-0.1, -0.05) is 17.7 Å². The van der Waals surface area contributed by atoms with Crippen LogP contribution in [0.3, 0.4) is 0 Å². The van der Waals surface area contributed by atoms with Crippen LogP contribution >= 0.6 is 27.5 Å². The lowest BCUT2D eigenvalue weighted by atomic mass is 10.2. The standard InChI is InChI=1S/C15H13BrClFN2O/c1-9(21)20-11-3-5-14(18)15(7-11)19-8-10-2-4-12(16)13(17)6-10/h2-7,19H,8H2,1H3,(H,20,21). The van der Waals surface area contributed by atoms with Crippen molar-refractivity contribution in [2.45, 2.75) is 13.5 Å². The number of hydrogen-bond acceptors (Lipinski definition) is 2. The van der Waals surface area contributed by atoms with E-state index in [-0.39, 0.29) is 11.7 Å². The van der Waals surface area contributed by atoms with E-state index in [2.05, 4.69) is 26.6 Å². The third kappa shape index (κ3) is 4.44. The van der Waals surface area contributed by atoms with Crippen molar-refractivity contribution in [1.29, 1.82) is 0 Å². The van der Waals surface area contributed by atoms with Crippen LogP contribution in [0.15, 0.2) is 40.9 Å². The molecule has 0 aliphatic heterocycles. The van der Waals surface area contributed by atoms with Crippen molar-refractivity contribution in [3.8, 4) is 0 Å². The zero-order valence-corrected chi connectivity index (χ0v) is 13.6. The number of nitrogens with one attached hydrogen (secondary N) is 2. The number of anilines is 2. The van der Waals surface area contributed by atoms with Crippen LogP contribution in [0.1, 0.15) is 12.5 Å². The summed E-state index contributed by atoms with van der Waals surface area (Å²) in [6.07, 6.45) is 0.